The van der Waals surface area contributed by atoms with Gasteiger partial charge in [-0.15, -0.1) is 0 Å². The Labute approximate surface area is 176 Å². The van der Waals surface area contributed by atoms with Crippen molar-refractivity contribution in [3.8, 4) is 0 Å². The van der Waals surface area contributed by atoms with Gasteiger partial charge in [-0.1, -0.05) is 24.6 Å². The Morgan fingerprint density at radius 2 is 1.53 bits per heavy atom. The van der Waals surface area contributed by atoms with Gasteiger partial charge in [-0.2, -0.15) is 0 Å². The summed E-state index contributed by atoms with van der Waals surface area (Å²) in [6, 6.07) is 8.09. The summed E-state index contributed by atoms with van der Waals surface area (Å²) < 4.78 is 0. The minimum absolute atomic E-state index is 0.104. The molecule has 0 unspecified atom stereocenters. The number of hydrogen-bond donors (Lipinski definition) is 3. The van der Waals surface area contributed by atoms with Crippen LogP contribution in [-0.4, -0.2) is 63.9 Å². The Hall–Kier alpha value is -2.87. The molecule has 0 radical (unpaired) electrons. The molecule has 2 heterocycles. The maximum atomic E-state index is 12.6. The summed E-state index contributed by atoms with van der Waals surface area (Å²) in [5, 5.41) is 9.61. The molecule has 0 atom stereocenters. The molecule has 3 N–H and O–H groups in total. The third-order valence-electron chi connectivity index (χ3n) is 5.69. The predicted octanol–water partition coefficient (Wildman–Crippen LogP) is 2.23. The molecular weight excluding hydrogens is 384 g/mol. The fourth-order valence-electron chi connectivity index (χ4n) is 3.90. The summed E-state index contributed by atoms with van der Waals surface area (Å²) in [7, 11) is 0. The number of piperazine rings is 1. The summed E-state index contributed by atoms with van der Waals surface area (Å²) in [5.41, 5.74) is 3.85. The SMILES string of the molecule is O=C(CCCCCC(=O)N1CCN(C(=O)CCc2c[nH]c3ccccc23)CC1)NO. The normalized spacial score (nSPS) is 14.2. The lowest BCUT2D eigenvalue weighted by molar-refractivity contribution is -0.139. The molecule has 1 aliphatic rings. The molecule has 8 nitrogen and oxygen atoms in total. The summed E-state index contributed by atoms with van der Waals surface area (Å²) in [6.07, 6.45) is 6.02. The van der Waals surface area contributed by atoms with Gasteiger partial charge in [0.2, 0.25) is 17.7 Å². The highest BCUT2D eigenvalue weighted by Crippen LogP contribution is 2.19. The van der Waals surface area contributed by atoms with Crippen LogP contribution in [0.4, 0.5) is 0 Å². The van der Waals surface area contributed by atoms with Gasteiger partial charge in [0.15, 0.2) is 0 Å². The van der Waals surface area contributed by atoms with Crippen molar-refractivity contribution in [3.63, 3.8) is 0 Å². The van der Waals surface area contributed by atoms with Crippen LogP contribution in [0.3, 0.4) is 0 Å². The average Bonchev–Trinajstić information content (AvgIpc) is 3.20. The number of aryl methyl sites for hydroxylation is 1. The molecule has 3 amide bonds. The molecule has 1 aromatic carbocycles. The highest BCUT2D eigenvalue weighted by molar-refractivity contribution is 5.84. The average molecular weight is 415 g/mol. The number of H-pyrrole nitrogens is 1. The first-order chi connectivity index (χ1) is 14.6. The Bertz CT molecular complexity index is 871. The van der Waals surface area contributed by atoms with Crippen molar-refractivity contribution >= 4 is 28.6 Å². The maximum absolute atomic E-state index is 12.6. The second-order valence-electron chi connectivity index (χ2n) is 7.72. The number of hydrogen-bond acceptors (Lipinski definition) is 4. The van der Waals surface area contributed by atoms with Crippen LogP contribution in [0.25, 0.3) is 10.9 Å². The van der Waals surface area contributed by atoms with Gasteiger partial charge >= 0.3 is 0 Å². The second kappa shape index (κ2) is 10.8. The van der Waals surface area contributed by atoms with Crippen LogP contribution in [0, 0.1) is 0 Å². The van der Waals surface area contributed by atoms with Crippen LogP contribution in [0.1, 0.15) is 44.1 Å². The molecule has 1 saturated heterocycles. The number of amides is 3. The number of nitrogens with one attached hydrogen (secondary N) is 2. The Morgan fingerprint density at radius 1 is 0.900 bits per heavy atom. The second-order valence-corrected chi connectivity index (χ2v) is 7.72. The zero-order valence-corrected chi connectivity index (χ0v) is 17.2. The summed E-state index contributed by atoms with van der Waals surface area (Å²) in [4.78, 5) is 42.8. The van der Waals surface area contributed by atoms with Crippen LogP contribution in [0.15, 0.2) is 30.5 Å². The van der Waals surface area contributed by atoms with Crippen LogP contribution < -0.4 is 5.48 Å². The van der Waals surface area contributed by atoms with E-state index in [-0.39, 0.29) is 18.2 Å². The van der Waals surface area contributed by atoms with Crippen LogP contribution in [-0.2, 0) is 20.8 Å². The number of fused-ring (bicyclic) bond motifs is 1. The van der Waals surface area contributed by atoms with E-state index in [0.29, 0.717) is 51.9 Å². The van der Waals surface area contributed by atoms with Gasteiger partial charge in [-0.25, -0.2) is 5.48 Å². The maximum Gasteiger partial charge on any atom is 0.243 e. The van der Waals surface area contributed by atoms with E-state index >= 15 is 0 Å². The van der Waals surface area contributed by atoms with E-state index in [1.54, 1.807) is 5.48 Å². The van der Waals surface area contributed by atoms with E-state index in [0.717, 1.165) is 29.3 Å². The molecule has 8 heteroatoms. The molecule has 30 heavy (non-hydrogen) atoms. The smallest absolute Gasteiger partial charge is 0.243 e. The van der Waals surface area contributed by atoms with Crippen molar-refractivity contribution in [3.05, 3.63) is 36.0 Å². The predicted molar refractivity (Wildman–Crippen MR) is 113 cm³/mol. The van der Waals surface area contributed by atoms with E-state index in [1.165, 1.54) is 0 Å². The Balaban J connectivity index is 1.35. The molecule has 0 saturated carbocycles. The molecule has 1 aliphatic heterocycles. The van der Waals surface area contributed by atoms with Gasteiger partial charge in [0.25, 0.3) is 0 Å². The topological polar surface area (TPSA) is 106 Å². The van der Waals surface area contributed by atoms with E-state index in [2.05, 4.69) is 11.1 Å². The minimum Gasteiger partial charge on any atom is -0.361 e. The lowest BCUT2D eigenvalue weighted by Gasteiger charge is -2.35. The fourth-order valence-corrected chi connectivity index (χ4v) is 3.90. The molecule has 2 aromatic rings. The standard InChI is InChI=1S/C22H30N4O4/c27-20(24-30)8-2-1-3-9-21(28)25-12-14-26(15-13-25)22(29)11-10-17-16-23-19-7-5-4-6-18(17)19/h4-7,16,23,30H,1-3,8-15H2,(H,24,27). The molecule has 1 fully saturated rings. The van der Waals surface area contributed by atoms with Gasteiger partial charge in [0.1, 0.15) is 0 Å². The van der Waals surface area contributed by atoms with E-state index in [1.807, 2.05) is 34.2 Å². The third kappa shape index (κ3) is 5.82. The minimum atomic E-state index is -0.396. The van der Waals surface area contributed by atoms with E-state index in [4.69, 9.17) is 5.21 Å². The molecule has 0 spiro atoms. The largest absolute Gasteiger partial charge is 0.361 e. The Morgan fingerprint density at radius 3 is 2.23 bits per heavy atom. The van der Waals surface area contributed by atoms with Crippen molar-refractivity contribution in [1.82, 2.24) is 20.3 Å². The van der Waals surface area contributed by atoms with Gasteiger partial charge in [0, 0.05) is 62.5 Å². The van der Waals surface area contributed by atoms with Crippen LogP contribution >= 0.6 is 0 Å². The first kappa shape index (κ1) is 21.8. The summed E-state index contributed by atoms with van der Waals surface area (Å²) in [6.45, 7) is 2.30. The zero-order valence-electron chi connectivity index (χ0n) is 17.2. The molecule has 0 bridgehead atoms. The van der Waals surface area contributed by atoms with Crippen LogP contribution in [0.5, 0.6) is 0 Å². The zero-order chi connectivity index (χ0) is 21.3. The number of aromatic amines is 1. The Kier molecular flexibility index (Phi) is 7.84. The van der Waals surface area contributed by atoms with Crippen molar-refractivity contribution in [2.45, 2.75) is 44.9 Å². The van der Waals surface area contributed by atoms with E-state index in [9.17, 15) is 14.4 Å². The highest BCUT2D eigenvalue weighted by atomic mass is 16.5. The van der Waals surface area contributed by atoms with Crippen molar-refractivity contribution in [2.75, 3.05) is 26.2 Å². The summed E-state index contributed by atoms with van der Waals surface area (Å²) in [5.74, 6) is -0.158. The number of rotatable bonds is 9. The molecule has 162 valence electrons. The van der Waals surface area contributed by atoms with Gasteiger partial charge in [-0.05, 0) is 30.9 Å². The third-order valence-corrected chi connectivity index (χ3v) is 5.69. The first-order valence-corrected chi connectivity index (χ1v) is 10.6. The molecular formula is C22H30N4O4. The number of benzene rings is 1. The fraction of sp³-hybridized carbons (Fsp3) is 0.500. The summed E-state index contributed by atoms with van der Waals surface area (Å²) >= 11 is 0. The van der Waals surface area contributed by atoms with Gasteiger partial charge < -0.3 is 14.8 Å². The number of hydroxylamine groups is 1. The highest BCUT2D eigenvalue weighted by Gasteiger charge is 2.23. The lowest BCUT2D eigenvalue weighted by Crippen LogP contribution is -2.50. The number of aromatic nitrogens is 1. The monoisotopic (exact) mass is 414 g/mol. The number of carbonyl (C=O) groups is 3. The number of para-hydroxylation sites is 1. The number of unbranched alkanes of at least 4 members (excludes halogenated alkanes) is 2. The van der Waals surface area contributed by atoms with E-state index < -0.39 is 5.91 Å². The molecule has 0 aliphatic carbocycles. The van der Waals surface area contributed by atoms with Gasteiger partial charge in [-0.3, -0.25) is 19.6 Å². The van der Waals surface area contributed by atoms with Crippen molar-refractivity contribution in [2.24, 2.45) is 0 Å². The lowest BCUT2D eigenvalue weighted by atomic mass is 10.1. The molecule has 1 aromatic heterocycles. The van der Waals surface area contributed by atoms with Crippen molar-refractivity contribution in [1.29, 1.82) is 0 Å². The number of carbonyl (C=O) groups excluding carboxylic acids is 3. The number of nitrogens with zero attached hydrogens (tertiary/aromatic N) is 2. The van der Waals surface area contributed by atoms with Gasteiger partial charge in [0.05, 0.1) is 0 Å². The molecule has 3 rings (SSSR count). The van der Waals surface area contributed by atoms with Crippen LogP contribution in [0.2, 0.25) is 0 Å². The van der Waals surface area contributed by atoms with Crippen molar-refractivity contribution < 1.29 is 19.6 Å². The quantitative estimate of drug-likeness (QED) is 0.332. The first-order valence-electron chi connectivity index (χ1n) is 10.6.